The lowest BCUT2D eigenvalue weighted by Crippen LogP contribution is -2.43. The number of hydrogen-bond donors (Lipinski definition) is 2. The minimum atomic E-state index is -0.537. The fraction of sp³-hybridized carbons (Fsp3) is 0.0909. The summed E-state index contributed by atoms with van der Waals surface area (Å²) >= 11 is 9.33. The normalized spacial score (nSPS) is 10.2. The Bertz CT molecular complexity index is 1030. The largest absolute Gasteiger partial charge is 0.488 e. The number of nitrogens with one attached hydrogen (secondary N) is 2. The standard InChI is InChI=1S/C22H18BrClN2O4/c23-16-10-11-20(18(24)12-16)30-14-21(27)25-26-22(28)17-8-4-5-9-19(17)29-13-15-6-2-1-3-7-15/h1-12H,13-14H2,(H,25,27)(H,26,28). The molecule has 0 saturated heterocycles. The lowest BCUT2D eigenvalue weighted by Gasteiger charge is -2.13. The third-order valence-electron chi connectivity index (χ3n) is 3.94. The number of amides is 2. The van der Waals surface area contributed by atoms with Crippen LogP contribution in [0.3, 0.4) is 0 Å². The van der Waals surface area contributed by atoms with Crippen LogP contribution in [0.15, 0.2) is 77.3 Å². The molecule has 0 saturated carbocycles. The molecule has 0 fully saturated rings. The fourth-order valence-electron chi connectivity index (χ4n) is 2.48. The van der Waals surface area contributed by atoms with Crippen LogP contribution < -0.4 is 20.3 Å². The van der Waals surface area contributed by atoms with Crippen molar-refractivity contribution in [3.63, 3.8) is 0 Å². The number of hydrogen-bond acceptors (Lipinski definition) is 4. The van der Waals surface area contributed by atoms with Gasteiger partial charge in [0.25, 0.3) is 11.8 Å². The van der Waals surface area contributed by atoms with E-state index in [9.17, 15) is 9.59 Å². The number of ether oxygens (including phenoxy) is 2. The molecule has 3 aromatic rings. The summed E-state index contributed by atoms with van der Waals surface area (Å²) in [5.41, 5.74) is 5.94. The third kappa shape index (κ3) is 6.23. The number of halogens is 2. The van der Waals surface area contributed by atoms with E-state index in [-0.39, 0.29) is 6.61 Å². The minimum absolute atomic E-state index is 0.297. The van der Waals surface area contributed by atoms with Crippen LogP contribution in [0, 0.1) is 0 Å². The van der Waals surface area contributed by atoms with Gasteiger partial charge in [0, 0.05) is 4.47 Å². The number of para-hydroxylation sites is 1. The van der Waals surface area contributed by atoms with E-state index in [1.807, 2.05) is 30.3 Å². The van der Waals surface area contributed by atoms with Crippen molar-refractivity contribution in [1.82, 2.24) is 10.9 Å². The molecule has 6 nitrogen and oxygen atoms in total. The lowest BCUT2D eigenvalue weighted by molar-refractivity contribution is -0.123. The molecule has 8 heteroatoms. The molecule has 0 bridgehead atoms. The predicted molar refractivity (Wildman–Crippen MR) is 117 cm³/mol. The highest BCUT2D eigenvalue weighted by Crippen LogP contribution is 2.27. The van der Waals surface area contributed by atoms with Crippen molar-refractivity contribution in [2.24, 2.45) is 0 Å². The molecular formula is C22H18BrClN2O4. The number of carbonyl (C=O) groups excluding carboxylic acids is 2. The molecule has 2 N–H and O–H groups in total. The summed E-state index contributed by atoms with van der Waals surface area (Å²) < 4.78 is 11.9. The summed E-state index contributed by atoms with van der Waals surface area (Å²) in [6.07, 6.45) is 0. The van der Waals surface area contributed by atoms with Gasteiger partial charge in [-0.05, 0) is 35.9 Å². The highest BCUT2D eigenvalue weighted by atomic mass is 79.9. The quantitative estimate of drug-likeness (QED) is 0.478. The van der Waals surface area contributed by atoms with Gasteiger partial charge in [0.15, 0.2) is 6.61 Å². The van der Waals surface area contributed by atoms with Gasteiger partial charge in [-0.2, -0.15) is 0 Å². The molecule has 0 atom stereocenters. The Kier molecular flexibility index (Phi) is 7.70. The van der Waals surface area contributed by atoms with E-state index in [4.69, 9.17) is 21.1 Å². The Labute approximate surface area is 187 Å². The van der Waals surface area contributed by atoms with Gasteiger partial charge in [0.05, 0.1) is 10.6 Å². The van der Waals surface area contributed by atoms with Crippen LogP contribution in [0.1, 0.15) is 15.9 Å². The van der Waals surface area contributed by atoms with Crippen molar-refractivity contribution in [1.29, 1.82) is 0 Å². The summed E-state index contributed by atoms with van der Waals surface area (Å²) in [4.78, 5) is 24.5. The summed E-state index contributed by atoms with van der Waals surface area (Å²) in [7, 11) is 0. The van der Waals surface area contributed by atoms with Crippen LogP contribution >= 0.6 is 27.5 Å². The van der Waals surface area contributed by atoms with Crippen LogP contribution in [0.4, 0.5) is 0 Å². The summed E-state index contributed by atoms with van der Waals surface area (Å²) in [6, 6.07) is 21.4. The van der Waals surface area contributed by atoms with E-state index in [1.54, 1.807) is 42.5 Å². The zero-order valence-corrected chi connectivity index (χ0v) is 18.1. The van der Waals surface area contributed by atoms with Gasteiger partial charge >= 0.3 is 0 Å². The second kappa shape index (κ2) is 10.7. The van der Waals surface area contributed by atoms with E-state index in [1.165, 1.54) is 0 Å². The first-order chi connectivity index (χ1) is 14.5. The molecule has 0 aliphatic carbocycles. The molecule has 2 amide bonds. The Balaban J connectivity index is 1.52. The molecule has 0 aromatic heterocycles. The first-order valence-corrected chi connectivity index (χ1v) is 10.1. The van der Waals surface area contributed by atoms with Gasteiger partial charge in [-0.3, -0.25) is 20.4 Å². The third-order valence-corrected chi connectivity index (χ3v) is 4.73. The van der Waals surface area contributed by atoms with E-state index in [0.29, 0.717) is 28.7 Å². The van der Waals surface area contributed by atoms with Gasteiger partial charge < -0.3 is 9.47 Å². The Hall–Kier alpha value is -3.03. The van der Waals surface area contributed by atoms with Gasteiger partial charge in [-0.15, -0.1) is 0 Å². The van der Waals surface area contributed by atoms with Crippen LogP contribution in [0.5, 0.6) is 11.5 Å². The molecule has 30 heavy (non-hydrogen) atoms. The van der Waals surface area contributed by atoms with E-state index < -0.39 is 11.8 Å². The molecule has 0 unspecified atom stereocenters. The minimum Gasteiger partial charge on any atom is -0.488 e. The maximum absolute atomic E-state index is 12.5. The average molecular weight is 490 g/mol. The first kappa shape index (κ1) is 21.7. The van der Waals surface area contributed by atoms with Crippen molar-refractivity contribution in [3.05, 3.63) is 93.4 Å². The van der Waals surface area contributed by atoms with Crippen LogP contribution in [-0.4, -0.2) is 18.4 Å². The topological polar surface area (TPSA) is 76.7 Å². The number of hydrazine groups is 1. The van der Waals surface area contributed by atoms with Gasteiger partial charge in [-0.1, -0.05) is 70.0 Å². The summed E-state index contributed by atoms with van der Waals surface area (Å²) in [5.74, 6) is -0.272. The van der Waals surface area contributed by atoms with Crippen molar-refractivity contribution >= 4 is 39.3 Å². The van der Waals surface area contributed by atoms with Gasteiger partial charge in [0.2, 0.25) is 0 Å². The second-order valence-corrected chi connectivity index (χ2v) is 7.46. The highest BCUT2D eigenvalue weighted by Gasteiger charge is 2.14. The maximum atomic E-state index is 12.5. The van der Waals surface area contributed by atoms with E-state index in [2.05, 4.69) is 26.8 Å². The first-order valence-electron chi connectivity index (χ1n) is 8.95. The lowest BCUT2D eigenvalue weighted by atomic mass is 10.2. The molecule has 3 aromatic carbocycles. The molecule has 0 radical (unpaired) electrons. The second-order valence-electron chi connectivity index (χ2n) is 6.14. The van der Waals surface area contributed by atoms with Crippen molar-refractivity contribution in [2.75, 3.05) is 6.61 Å². The zero-order valence-electron chi connectivity index (χ0n) is 15.7. The monoisotopic (exact) mass is 488 g/mol. The molecule has 0 heterocycles. The Morgan fingerprint density at radius 2 is 1.60 bits per heavy atom. The molecule has 3 rings (SSSR count). The maximum Gasteiger partial charge on any atom is 0.276 e. The van der Waals surface area contributed by atoms with Crippen LogP contribution in [0.2, 0.25) is 5.02 Å². The van der Waals surface area contributed by atoms with Gasteiger partial charge in [0.1, 0.15) is 18.1 Å². The van der Waals surface area contributed by atoms with Crippen LogP contribution in [-0.2, 0) is 11.4 Å². The van der Waals surface area contributed by atoms with Crippen LogP contribution in [0.25, 0.3) is 0 Å². The highest BCUT2D eigenvalue weighted by molar-refractivity contribution is 9.10. The number of rotatable bonds is 7. The average Bonchev–Trinajstić information content (AvgIpc) is 2.76. The SMILES string of the molecule is O=C(COc1ccc(Br)cc1Cl)NNC(=O)c1ccccc1OCc1ccccc1. The Morgan fingerprint density at radius 1 is 0.867 bits per heavy atom. The molecule has 0 aliphatic heterocycles. The molecule has 0 spiro atoms. The van der Waals surface area contributed by atoms with Crippen molar-refractivity contribution in [2.45, 2.75) is 6.61 Å². The van der Waals surface area contributed by atoms with E-state index in [0.717, 1.165) is 10.0 Å². The number of benzene rings is 3. The van der Waals surface area contributed by atoms with Crippen molar-refractivity contribution in [3.8, 4) is 11.5 Å². The van der Waals surface area contributed by atoms with Gasteiger partial charge in [-0.25, -0.2) is 0 Å². The molecular weight excluding hydrogens is 472 g/mol. The number of carbonyl (C=O) groups is 2. The van der Waals surface area contributed by atoms with Crippen molar-refractivity contribution < 1.29 is 19.1 Å². The Morgan fingerprint density at radius 3 is 2.37 bits per heavy atom. The zero-order chi connectivity index (χ0) is 21.3. The fourth-order valence-corrected chi connectivity index (χ4v) is 3.21. The van der Waals surface area contributed by atoms with E-state index >= 15 is 0 Å². The molecule has 0 aliphatic rings. The molecule has 154 valence electrons. The summed E-state index contributed by atoms with van der Waals surface area (Å²) in [6.45, 7) is 0.00701. The smallest absolute Gasteiger partial charge is 0.276 e. The predicted octanol–water partition coefficient (Wildman–Crippen LogP) is 4.52. The summed E-state index contributed by atoms with van der Waals surface area (Å²) in [5, 5.41) is 0.366.